The van der Waals surface area contributed by atoms with Gasteiger partial charge in [0.15, 0.2) is 0 Å². The van der Waals surface area contributed by atoms with Crippen LogP contribution in [0.1, 0.15) is 31.7 Å². The third-order valence-corrected chi connectivity index (χ3v) is 6.32. The van der Waals surface area contributed by atoms with Gasteiger partial charge in [-0.05, 0) is 37.0 Å². The van der Waals surface area contributed by atoms with Crippen LogP contribution in [0, 0.1) is 0 Å². The highest BCUT2D eigenvalue weighted by Crippen LogP contribution is 2.26. The van der Waals surface area contributed by atoms with E-state index in [2.05, 4.69) is 21.9 Å². The molecule has 2 aliphatic heterocycles. The molecule has 0 spiro atoms. The zero-order valence-corrected chi connectivity index (χ0v) is 18.0. The molecule has 1 atom stereocenters. The maximum absolute atomic E-state index is 11.6. The number of aliphatic hydroxyl groups is 1. The highest BCUT2D eigenvalue weighted by atomic mass is 16.5. The minimum absolute atomic E-state index is 0.181. The van der Waals surface area contributed by atoms with Crippen LogP contribution < -0.4 is 9.47 Å². The SMILES string of the molecule is COc1cc(CN2CCN(C3CCN(C(C)=O)CC3)C[C@@H]2CCO)cc(OC)c1. The molecule has 2 heterocycles. The molecule has 7 nitrogen and oxygen atoms in total. The van der Waals surface area contributed by atoms with Crippen molar-refractivity contribution in [3.05, 3.63) is 23.8 Å². The number of aliphatic hydroxyl groups excluding tert-OH is 1. The molecule has 2 fully saturated rings. The topological polar surface area (TPSA) is 65.5 Å². The van der Waals surface area contributed by atoms with Gasteiger partial charge >= 0.3 is 0 Å². The summed E-state index contributed by atoms with van der Waals surface area (Å²) in [6, 6.07) is 6.85. The van der Waals surface area contributed by atoms with Crippen LogP contribution in [0.15, 0.2) is 18.2 Å². The molecular weight excluding hydrogens is 370 g/mol. The fraction of sp³-hybridized carbons (Fsp3) is 0.682. The number of hydrogen-bond donors (Lipinski definition) is 1. The van der Waals surface area contributed by atoms with Crippen molar-refractivity contribution >= 4 is 5.91 Å². The summed E-state index contributed by atoms with van der Waals surface area (Å²) in [5.74, 6) is 1.78. The van der Waals surface area contributed by atoms with Crippen molar-refractivity contribution in [1.82, 2.24) is 14.7 Å². The van der Waals surface area contributed by atoms with Crippen LogP contribution >= 0.6 is 0 Å². The zero-order chi connectivity index (χ0) is 20.8. The summed E-state index contributed by atoms with van der Waals surface area (Å²) in [5, 5.41) is 9.63. The van der Waals surface area contributed by atoms with Crippen molar-refractivity contribution in [2.24, 2.45) is 0 Å². The number of benzene rings is 1. The molecule has 1 aromatic rings. The summed E-state index contributed by atoms with van der Waals surface area (Å²) >= 11 is 0. The van der Waals surface area contributed by atoms with Crippen LogP contribution in [-0.4, -0.2) is 91.3 Å². The first-order valence-electron chi connectivity index (χ1n) is 10.6. The second kappa shape index (κ2) is 10.3. The van der Waals surface area contributed by atoms with Gasteiger partial charge in [0, 0.05) is 70.9 Å². The monoisotopic (exact) mass is 405 g/mol. The predicted molar refractivity (Wildman–Crippen MR) is 112 cm³/mol. The highest BCUT2D eigenvalue weighted by Gasteiger charge is 2.32. The normalized spacial score (nSPS) is 21.9. The number of piperidine rings is 1. The van der Waals surface area contributed by atoms with Gasteiger partial charge in [0.25, 0.3) is 0 Å². The van der Waals surface area contributed by atoms with Gasteiger partial charge in [0.2, 0.25) is 5.91 Å². The Morgan fingerprint density at radius 1 is 1.07 bits per heavy atom. The fourth-order valence-corrected chi connectivity index (χ4v) is 4.62. The molecule has 0 saturated carbocycles. The van der Waals surface area contributed by atoms with Gasteiger partial charge in [0.05, 0.1) is 14.2 Å². The van der Waals surface area contributed by atoms with E-state index in [1.165, 1.54) is 0 Å². The van der Waals surface area contributed by atoms with E-state index in [4.69, 9.17) is 9.47 Å². The molecule has 1 N–H and O–H groups in total. The van der Waals surface area contributed by atoms with E-state index in [0.717, 1.165) is 75.6 Å². The van der Waals surface area contributed by atoms with E-state index in [0.29, 0.717) is 12.1 Å². The summed E-state index contributed by atoms with van der Waals surface area (Å²) in [5.41, 5.74) is 1.16. The largest absolute Gasteiger partial charge is 0.497 e. The molecular formula is C22H35N3O4. The van der Waals surface area contributed by atoms with Crippen molar-refractivity contribution < 1.29 is 19.4 Å². The number of amides is 1. The molecule has 2 saturated heterocycles. The van der Waals surface area contributed by atoms with Crippen LogP contribution in [-0.2, 0) is 11.3 Å². The first-order valence-corrected chi connectivity index (χ1v) is 10.6. The molecule has 7 heteroatoms. The van der Waals surface area contributed by atoms with Crippen LogP contribution in [0.25, 0.3) is 0 Å². The summed E-state index contributed by atoms with van der Waals surface area (Å²) in [4.78, 5) is 18.6. The molecule has 3 rings (SSSR count). The second-order valence-electron chi connectivity index (χ2n) is 8.09. The lowest BCUT2D eigenvalue weighted by molar-refractivity contribution is -0.130. The number of piperazine rings is 1. The fourth-order valence-electron chi connectivity index (χ4n) is 4.62. The summed E-state index contributed by atoms with van der Waals surface area (Å²) < 4.78 is 10.8. The molecule has 0 unspecified atom stereocenters. The molecule has 1 aromatic carbocycles. The van der Waals surface area contributed by atoms with E-state index >= 15 is 0 Å². The van der Waals surface area contributed by atoms with E-state index in [1.54, 1.807) is 21.1 Å². The van der Waals surface area contributed by atoms with E-state index in [9.17, 15) is 9.90 Å². The van der Waals surface area contributed by atoms with Crippen molar-refractivity contribution in [3.8, 4) is 11.5 Å². The third-order valence-electron chi connectivity index (χ3n) is 6.32. The quantitative estimate of drug-likeness (QED) is 0.743. The lowest BCUT2D eigenvalue weighted by atomic mass is 9.99. The van der Waals surface area contributed by atoms with Gasteiger partial charge in [-0.2, -0.15) is 0 Å². The Balaban J connectivity index is 1.63. The Morgan fingerprint density at radius 3 is 2.28 bits per heavy atom. The summed E-state index contributed by atoms with van der Waals surface area (Å²) in [6.45, 7) is 7.33. The van der Waals surface area contributed by atoms with Crippen LogP contribution in [0.5, 0.6) is 11.5 Å². The number of ether oxygens (including phenoxy) is 2. The number of likely N-dealkylation sites (tertiary alicyclic amines) is 1. The molecule has 0 aliphatic carbocycles. The lowest BCUT2D eigenvalue weighted by Gasteiger charge is -2.46. The Kier molecular flexibility index (Phi) is 7.75. The van der Waals surface area contributed by atoms with Gasteiger partial charge in [-0.1, -0.05) is 0 Å². The van der Waals surface area contributed by atoms with Gasteiger partial charge in [-0.3, -0.25) is 14.6 Å². The summed E-state index contributed by atoms with van der Waals surface area (Å²) in [7, 11) is 3.34. The zero-order valence-electron chi connectivity index (χ0n) is 18.0. The predicted octanol–water partition coefficient (Wildman–Crippen LogP) is 1.58. The third kappa shape index (κ3) is 5.62. The number of carbonyl (C=O) groups excluding carboxylic acids is 1. The van der Waals surface area contributed by atoms with E-state index in [-0.39, 0.29) is 12.5 Å². The number of hydrogen-bond acceptors (Lipinski definition) is 6. The average Bonchev–Trinajstić information content (AvgIpc) is 2.74. The Hall–Kier alpha value is -1.83. The summed E-state index contributed by atoms with van der Waals surface area (Å²) in [6.07, 6.45) is 2.85. The highest BCUT2D eigenvalue weighted by molar-refractivity contribution is 5.73. The van der Waals surface area contributed by atoms with E-state index < -0.39 is 0 Å². The Labute approximate surface area is 174 Å². The van der Waals surface area contributed by atoms with Gasteiger partial charge in [-0.15, -0.1) is 0 Å². The first-order chi connectivity index (χ1) is 14.0. The maximum atomic E-state index is 11.6. The molecule has 0 bridgehead atoms. The number of methoxy groups -OCH3 is 2. The van der Waals surface area contributed by atoms with Crippen molar-refractivity contribution in [2.45, 2.75) is 44.8 Å². The van der Waals surface area contributed by atoms with Crippen molar-refractivity contribution in [1.29, 1.82) is 0 Å². The molecule has 29 heavy (non-hydrogen) atoms. The van der Waals surface area contributed by atoms with Crippen molar-refractivity contribution in [2.75, 3.05) is 53.6 Å². The Morgan fingerprint density at radius 2 is 1.72 bits per heavy atom. The van der Waals surface area contributed by atoms with Crippen molar-refractivity contribution in [3.63, 3.8) is 0 Å². The molecule has 0 aromatic heterocycles. The van der Waals surface area contributed by atoms with E-state index in [1.807, 2.05) is 11.0 Å². The molecule has 162 valence electrons. The Bertz CT molecular complexity index is 654. The van der Waals surface area contributed by atoms with Gasteiger partial charge in [-0.25, -0.2) is 0 Å². The number of rotatable bonds is 7. The van der Waals surface area contributed by atoms with Gasteiger partial charge in [0.1, 0.15) is 11.5 Å². The molecule has 1 amide bonds. The smallest absolute Gasteiger partial charge is 0.219 e. The van der Waals surface area contributed by atoms with Crippen LogP contribution in [0.3, 0.4) is 0 Å². The van der Waals surface area contributed by atoms with Crippen LogP contribution in [0.2, 0.25) is 0 Å². The number of carbonyl (C=O) groups is 1. The minimum Gasteiger partial charge on any atom is -0.497 e. The average molecular weight is 406 g/mol. The second-order valence-corrected chi connectivity index (χ2v) is 8.09. The standard InChI is InChI=1S/C22H35N3O4/c1-17(27)23-7-4-19(5-8-23)25-10-9-24(20(16-25)6-11-26)15-18-12-21(28-2)14-22(13-18)29-3/h12-14,19-20,26H,4-11,15-16H2,1-3H3/t20-/m0/s1. The number of nitrogens with zero attached hydrogens (tertiary/aromatic N) is 3. The maximum Gasteiger partial charge on any atom is 0.219 e. The first kappa shape index (κ1) is 21.9. The molecule has 2 aliphatic rings. The minimum atomic E-state index is 0.181. The lowest BCUT2D eigenvalue weighted by Crippen LogP contribution is -2.57. The van der Waals surface area contributed by atoms with Gasteiger partial charge < -0.3 is 19.5 Å². The van der Waals surface area contributed by atoms with Crippen LogP contribution in [0.4, 0.5) is 0 Å². The molecule has 0 radical (unpaired) electrons.